The molecule has 0 amide bonds. The lowest BCUT2D eigenvalue weighted by atomic mass is 9.78. The molecule has 5 aromatic rings. The molecule has 5 aromatic carbocycles. The summed E-state index contributed by atoms with van der Waals surface area (Å²) in [5.41, 5.74) is 3.48. The van der Waals surface area contributed by atoms with Gasteiger partial charge in [-0.15, -0.1) is 0 Å². The van der Waals surface area contributed by atoms with Crippen molar-refractivity contribution in [3.8, 4) is 23.0 Å². The number of hydrogen-bond donors (Lipinski definition) is 2. The molecule has 0 fully saturated rings. The number of carbonyl (C=O) groups is 1. The summed E-state index contributed by atoms with van der Waals surface area (Å²) in [6, 6.07) is 38.0. The van der Waals surface area contributed by atoms with E-state index in [0.29, 0.717) is 16.8 Å². The van der Waals surface area contributed by atoms with Crippen molar-refractivity contribution in [2.24, 2.45) is 0 Å². The minimum Gasteiger partial charge on any atom is -0.508 e. The van der Waals surface area contributed by atoms with E-state index in [1.54, 1.807) is 72.8 Å². The monoisotopic (exact) mass is 634 g/mol. The van der Waals surface area contributed by atoms with Gasteiger partial charge in [0.1, 0.15) is 23.0 Å². The highest BCUT2D eigenvalue weighted by Crippen LogP contribution is 2.47. The van der Waals surface area contributed by atoms with E-state index in [2.05, 4.69) is 27.7 Å². The Morgan fingerprint density at radius 2 is 0.978 bits per heavy atom. The smallest absolute Gasteiger partial charge is 0.311 e. The Labute approximate surface area is 270 Å². The van der Waals surface area contributed by atoms with Crippen molar-refractivity contribution in [1.29, 1.82) is 0 Å². The van der Waals surface area contributed by atoms with Gasteiger partial charge in [0.15, 0.2) is 0 Å². The summed E-state index contributed by atoms with van der Waals surface area (Å²) in [5, 5.41) is 19.9. The fourth-order valence-corrected chi connectivity index (χ4v) is 7.46. The highest BCUT2D eigenvalue weighted by Gasteiger charge is 2.30. The van der Waals surface area contributed by atoms with Gasteiger partial charge in [-0.2, -0.15) is 0 Å². The van der Waals surface area contributed by atoms with Gasteiger partial charge in [-0.25, -0.2) is 0 Å². The largest absolute Gasteiger partial charge is 0.508 e. The topological polar surface area (TPSA) is 93.1 Å². The predicted octanol–water partition coefficient (Wildman–Crippen LogP) is 8.73. The molecule has 6 nitrogen and oxygen atoms in total. The van der Waals surface area contributed by atoms with E-state index >= 15 is 0 Å². The van der Waals surface area contributed by atoms with Crippen LogP contribution in [0.4, 0.5) is 0 Å². The second kappa shape index (κ2) is 13.3. The first-order valence-electron chi connectivity index (χ1n) is 15.2. The van der Waals surface area contributed by atoms with Gasteiger partial charge in [0.25, 0.3) is 7.37 Å². The first-order valence-corrected chi connectivity index (χ1v) is 17.0. The highest BCUT2D eigenvalue weighted by molar-refractivity contribution is 7.67. The van der Waals surface area contributed by atoms with Crippen LogP contribution in [0, 0.1) is 0 Å². The van der Waals surface area contributed by atoms with E-state index in [9.17, 15) is 19.6 Å². The Balaban J connectivity index is 1.27. The molecule has 0 aliphatic carbocycles. The Morgan fingerprint density at radius 1 is 0.587 bits per heavy atom. The third-order valence-electron chi connectivity index (χ3n) is 8.57. The summed E-state index contributed by atoms with van der Waals surface area (Å²) in [6.07, 6.45) is -0.124. The van der Waals surface area contributed by atoms with Crippen LogP contribution in [0.1, 0.15) is 56.4 Å². The summed E-state index contributed by atoms with van der Waals surface area (Å²) in [4.78, 5) is 13.0. The van der Waals surface area contributed by atoms with Crippen LogP contribution in [-0.4, -0.2) is 22.3 Å². The number of carbonyl (C=O) groups excluding carboxylic acids is 1. The summed E-state index contributed by atoms with van der Waals surface area (Å²) in [6.45, 7) is 8.37. The van der Waals surface area contributed by atoms with Crippen molar-refractivity contribution in [1.82, 2.24) is 0 Å². The van der Waals surface area contributed by atoms with Crippen molar-refractivity contribution in [3.05, 3.63) is 150 Å². The molecule has 0 bridgehead atoms. The van der Waals surface area contributed by atoms with Crippen LogP contribution in [0.3, 0.4) is 0 Å². The molecule has 1 unspecified atom stereocenters. The van der Waals surface area contributed by atoms with Crippen LogP contribution in [-0.2, 0) is 20.2 Å². The standard InChI is InChI=1S/C39H39O6P/c1-38(2,28-10-18-32(40)19-11-28)30-14-22-34(23-15-30)44-37(42)26-27-46(43,36-8-6-5-7-9-36)45-35-24-16-31(17-25-35)39(3,4)29-12-20-33(41)21-13-29/h5-25,40-41H,26-27H2,1-4H3. The van der Waals surface area contributed by atoms with Gasteiger partial charge < -0.3 is 19.5 Å². The molecule has 1 atom stereocenters. The fourth-order valence-electron chi connectivity index (χ4n) is 5.44. The second-order valence-corrected chi connectivity index (χ2v) is 14.9. The number of esters is 1. The molecule has 0 aromatic heterocycles. The molecular formula is C39H39O6P. The van der Waals surface area contributed by atoms with Crippen LogP contribution < -0.4 is 14.6 Å². The zero-order valence-corrected chi connectivity index (χ0v) is 27.4. The van der Waals surface area contributed by atoms with Crippen LogP contribution in [0.2, 0.25) is 0 Å². The minimum absolute atomic E-state index is 0.0252. The number of hydrogen-bond acceptors (Lipinski definition) is 6. The molecule has 0 spiro atoms. The molecule has 0 aliphatic heterocycles. The Morgan fingerprint density at radius 3 is 1.41 bits per heavy atom. The third-order valence-corrected chi connectivity index (χ3v) is 11.0. The zero-order valence-electron chi connectivity index (χ0n) is 26.5. The number of aromatic hydroxyl groups is 2. The summed E-state index contributed by atoms with van der Waals surface area (Å²) < 4.78 is 26.1. The van der Waals surface area contributed by atoms with Gasteiger partial charge in [0.05, 0.1) is 6.42 Å². The lowest BCUT2D eigenvalue weighted by Crippen LogP contribution is -2.19. The normalized spacial score (nSPS) is 13.0. The number of ether oxygens (including phenoxy) is 1. The van der Waals surface area contributed by atoms with Crippen molar-refractivity contribution in [2.45, 2.75) is 44.9 Å². The van der Waals surface area contributed by atoms with E-state index < -0.39 is 13.3 Å². The van der Waals surface area contributed by atoms with Crippen molar-refractivity contribution in [3.63, 3.8) is 0 Å². The second-order valence-electron chi connectivity index (χ2n) is 12.4. The maximum atomic E-state index is 14.3. The van der Waals surface area contributed by atoms with Gasteiger partial charge in [-0.3, -0.25) is 9.36 Å². The number of benzene rings is 5. The third kappa shape index (κ3) is 7.35. The van der Waals surface area contributed by atoms with Crippen LogP contribution >= 0.6 is 7.37 Å². The number of phenols is 2. The quantitative estimate of drug-likeness (QED) is 0.0858. The molecule has 0 radical (unpaired) electrons. The van der Waals surface area contributed by atoms with Crippen LogP contribution in [0.25, 0.3) is 0 Å². The van der Waals surface area contributed by atoms with Gasteiger partial charge in [-0.05, 0) is 82.9 Å². The predicted molar refractivity (Wildman–Crippen MR) is 183 cm³/mol. The molecule has 0 saturated heterocycles. The average molecular weight is 635 g/mol. The van der Waals surface area contributed by atoms with Crippen molar-refractivity contribution in [2.75, 3.05) is 6.16 Å². The summed E-state index contributed by atoms with van der Waals surface area (Å²) >= 11 is 0. The average Bonchev–Trinajstić information content (AvgIpc) is 3.05. The lowest BCUT2D eigenvalue weighted by molar-refractivity contribution is -0.133. The SMILES string of the molecule is CC(C)(c1ccc(O)cc1)c1ccc(OC(=O)CCP(=O)(Oc2ccc(C(C)(C)c3ccc(O)cc3)cc2)c2ccccc2)cc1. The molecule has 0 heterocycles. The molecule has 46 heavy (non-hydrogen) atoms. The van der Waals surface area contributed by atoms with Gasteiger partial charge in [-0.1, -0.05) is 94.4 Å². The molecule has 0 saturated carbocycles. The molecular weight excluding hydrogens is 595 g/mol. The van der Waals surface area contributed by atoms with E-state index in [4.69, 9.17) is 9.26 Å². The highest BCUT2D eigenvalue weighted by atomic mass is 31.2. The molecule has 5 rings (SSSR count). The van der Waals surface area contributed by atoms with Gasteiger partial charge in [0, 0.05) is 22.3 Å². The number of phenolic OH excluding ortho intramolecular Hbond substituents is 2. The number of rotatable bonds is 11. The van der Waals surface area contributed by atoms with E-state index in [-0.39, 0.29) is 34.9 Å². The fraction of sp³-hybridized carbons (Fsp3) is 0.205. The molecule has 236 valence electrons. The van der Waals surface area contributed by atoms with E-state index in [0.717, 1.165) is 22.3 Å². The minimum atomic E-state index is -3.49. The van der Waals surface area contributed by atoms with Crippen molar-refractivity contribution < 1.29 is 28.8 Å². The summed E-state index contributed by atoms with van der Waals surface area (Å²) in [5.74, 6) is 0.771. The van der Waals surface area contributed by atoms with Crippen molar-refractivity contribution >= 4 is 18.6 Å². The molecule has 7 heteroatoms. The van der Waals surface area contributed by atoms with E-state index in [1.807, 2.05) is 54.6 Å². The first-order chi connectivity index (χ1) is 21.9. The Kier molecular flexibility index (Phi) is 9.41. The van der Waals surface area contributed by atoms with Gasteiger partial charge in [0.2, 0.25) is 0 Å². The first kappa shape index (κ1) is 32.6. The van der Waals surface area contributed by atoms with Crippen LogP contribution in [0.5, 0.6) is 23.0 Å². The molecule has 2 N–H and O–H groups in total. The maximum absolute atomic E-state index is 14.3. The Bertz CT molecular complexity index is 1810. The maximum Gasteiger partial charge on any atom is 0.311 e. The van der Waals surface area contributed by atoms with Crippen LogP contribution in [0.15, 0.2) is 127 Å². The summed E-state index contributed by atoms with van der Waals surface area (Å²) in [7, 11) is -3.49. The zero-order chi connectivity index (χ0) is 33.0. The Hall–Kier alpha value is -4.80. The van der Waals surface area contributed by atoms with Gasteiger partial charge >= 0.3 is 5.97 Å². The lowest BCUT2D eigenvalue weighted by Gasteiger charge is -2.27. The van der Waals surface area contributed by atoms with E-state index in [1.165, 1.54) is 0 Å². The molecule has 0 aliphatic rings.